The Morgan fingerprint density at radius 1 is 1.21 bits per heavy atom. The van der Waals surface area contributed by atoms with Crippen molar-refractivity contribution in [3.8, 4) is 0 Å². The molecule has 2 aliphatic rings. The molecule has 2 aliphatic carbocycles. The zero-order valence-electron chi connectivity index (χ0n) is 12.3. The van der Waals surface area contributed by atoms with Gasteiger partial charge in [0, 0.05) is 25.0 Å². The average molecular weight is 267 g/mol. The van der Waals surface area contributed by atoms with E-state index in [-0.39, 0.29) is 18.0 Å². The molecule has 1 amide bonds. The highest BCUT2D eigenvalue weighted by molar-refractivity contribution is 5.76. The van der Waals surface area contributed by atoms with Gasteiger partial charge in [-0.3, -0.25) is 4.79 Å². The summed E-state index contributed by atoms with van der Waals surface area (Å²) >= 11 is 0. The SMILES string of the molecule is CC(C)NC(=O)CC(CN)NCC(C1CC1)C1CC1. The number of hydrogen-bond donors (Lipinski definition) is 3. The number of carbonyl (C=O) groups excluding carboxylic acids is 1. The molecule has 110 valence electrons. The summed E-state index contributed by atoms with van der Waals surface area (Å²) in [5, 5.41) is 6.46. The average Bonchev–Trinajstić information content (AvgIpc) is 3.19. The summed E-state index contributed by atoms with van der Waals surface area (Å²) in [6, 6.07) is 0.329. The maximum absolute atomic E-state index is 11.8. The second-order valence-corrected chi connectivity index (χ2v) is 6.61. The van der Waals surface area contributed by atoms with Crippen LogP contribution in [-0.2, 0) is 4.79 Å². The van der Waals surface area contributed by atoms with Gasteiger partial charge in [0.05, 0.1) is 0 Å². The summed E-state index contributed by atoms with van der Waals surface area (Å²) in [6.07, 6.45) is 6.12. The van der Waals surface area contributed by atoms with Gasteiger partial charge in [0.25, 0.3) is 0 Å². The van der Waals surface area contributed by atoms with Gasteiger partial charge in [0.1, 0.15) is 0 Å². The Morgan fingerprint density at radius 2 is 1.79 bits per heavy atom. The minimum atomic E-state index is 0.104. The van der Waals surface area contributed by atoms with E-state index < -0.39 is 0 Å². The zero-order valence-corrected chi connectivity index (χ0v) is 12.3. The first-order valence-electron chi connectivity index (χ1n) is 7.83. The van der Waals surface area contributed by atoms with Crippen molar-refractivity contribution in [1.29, 1.82) is 0 Å². The van der Waals surface area contributed by atoms with Crippen LogP contribution in [0.2, 0.25) is 0 Å². The van der Waals surface area contributed by atoms with Gasteiger partial charge in [-0.2, -0.15) is 0 Å². The number of nitrogens with one attached hydrogen (secondary N) is 2. The molecule has 0 aromatic carbocycles. The molecule has 0 aromatic heterocycles. The highest BCUT2D eigenvalue weighted by Crippen LogP contribution is 2.48. The number of nitrogens with two attached hydrogens (primary N) is 1. The smallest absolute Gasteiger partial charge is 0.221 e. The van der Waals surface area contributed by atoms with Crippen molar-refractivity contribution in [3.63, 3.8) is 0 Å². The van der Waals surface area contributed by atoms with E-state index in [0.717, 1.165) is 24.3 Å². The quantitative estimate of drug-likeness (QED) is 0.589. The van der Waals surface area contributed by atoms with Crippen LogP contribution in [0, 0.1) is 17.8 Å². The molecule has 2 saturated carbocycles. The van der Waals surface area contributed by atoms with E-state index in [1.165, 1.54) is 25.7 Å². The van der Waals surface area contributed by atoms with Crippen molar-refractivity contribution in [2.75, 3.05) is 13.1 Å². The molecule has 0 aromatic rings. The molecule has 0 bridgehead atoms. The predicted molar refractivity (Wildman–Crippen MR) is 77.7 cm³/mol. The molecule has 2 fully saturated rings. The Kier molecular flexibility index (Phi) is 5.22. The third-order valence-corrected chi connectivity index (χ3v) is 4.26. The van der Waals surface area contributed by atoms with Crippen LogP contribution in [-0.4, -0.2) is 31.1 Å². The van der Waals surface area contributed by atoms with Crippen molar-refractivity contribution in [2.45, 2.75) is 58.0 Å². The molecule has 0 spiro atoms. The van der Waals surface area contributed by atoms with E-state index >= 15 is 0 Å². The van der Waals surface area contributed by atoms with Crippen LogP contribution < -0.4 is 16.4 Å². The van der Waals surface area contributed by atoms with Gasteiger partial charge in [-0.25, -0.2) is 0 Å². The van der Waals surface area contributed by atoms with Crippen molar-refractivity contribution in [2.24, 2.45) is 23.5 Å². The highest BCUT2D eigenvalue weighted by Gasteiger charge is 2.41. The summed E-state index contributed by atoms with van der Waals surface area (Å²) < 4.78 is 0. The monoisotopic (exact) mass is 267 g/mol. The largest absolute Gasteiger partial charge is 0.354 e. The van der Waals surface area contributed by atoms with Gasteiger partial charge >= 0.3 is 0 Å². The van der Waals surface area contributed by atoms with Crippen LogP contribution in [0.1, 0.15) is 46.0 Å². The van der Waals surface area contributed by atoms with Gasteiger partial charge in [0.2, 0.25) is 5.91 Å². The molecule has 0 aliphatic heterocycles. The summed E-state index contributed by atoms with van der Waals surface area (Å²) in [4.78, 5) is 11.8. The second kappa shape index (κ2) is 6.71. The lowest BCUT2D eigenvalue weighted by atomic mass is 9.97. The van der Waals surface area contributed by atoms with Crippen LogP contribution in [0.25, 0.3) is 0 Å². The first-order chi connectivity index (χ1) is 9.10. The maximum atomic E-state index is 11.8. The number of rotatable bonds is 9. The third-order valence-electron chi connectivity index (χ3n) is 4.26. The van der Waals surface area contributed by atoms with Gasteiger partial charge in [-0.1, -0.05) is 0 Å². The van der Waals surface area contributed by atoms with E-state index in [9.17, 15) is 4.79 Å². The van der Waals surface area contributed by atoms with E-state index in [1.807, 2.05) is 13.8 Å². The summed E-state index contributed by atoms with van der Waals surface area (Å²) in [7, 11) is 0. The first kappa shape index (κ1) is 14.8. The topological polar surface area (TPSA) is 67.2 Å². The molecule has 4 nitrogen and oxygen atoms in total. The normalized spacial score (nSPS) is 20.9. The third kappa shape index (κ3) is 5.11. The first-order valence-corrected chi connectivity index (χ1v) is 7.83. The van der Waals surface area contributed by atoms with Gasteiger partial charge < -0.3 is 16.4 Å². The molecular formula is C15H29N3O. The lowest BCUT2D eigenvalue weighted by Crippen LogP contribution is -2.44. The summed E-state index contributed by atoms with van der Waals surface area (Å²) in [6.45, 7) is 5.55. The molecule has 4 N–H and O–H groups in total. The lowest BCUT2D eigenvalue weighted by Gasteiger charge is -2.22. The molecule has 0 radical (unpaired) electrons. The lowest BCUT2D eigenvalue weighted by molar-refractivity contribution is -0.122. The molecule has 1 atom stereocenters. The number of hydrogen-bond acceptors (Lipinski definition) is 3. The molecule has 0 heterocycles. The van der Waals surface area contributed by atoms with E-state index in [0.29, 0.717) is 13.0 Å². The molecule has 19 heavy (non-hydrogen) atoms. The molecular weight excluding hydrogens is 238 g/mol. The molecule has 2 rings (SSSR count). The predicted octanol–water partition coefficient (Wildman–Crippen LogP) is 1.25. The fourth-order valence-corrected chi connectivity index (χ4v) is 2.91. The second-order valence-electron chi connectivity index (χ2n) is 6.61. The Labute approximate surface area is 116 Å². The Morgan fingerprint density at radius 3 is 2.21 bits per heavy atom. The Balaban J connectivity index is 1.70. The fraction of sp³-hybridized carbons (Fsp3) is 0.933. The molecule has 1 unspecified atom stereocenters. The Bertz CT molecular complexity index is 286. The van der Waals surface area contributed by atoms with Crippen LogP contribution >= 0.6 is 0 Å². The van der Waals surface area contributed by atoms with Crippen molar-refractivity contribution in [3.05, 3.63) is 0 Å². The standard InChI is InChI=1S/C15H29N3O/c1-10(2)18-15(19)7-13(8-16)17-9-14(11-3-4-11)12-5-6-12/h10-14,17H,3-9,16H2,1-2H3,(H,18,19). The van der Waals surface area contributed by atoms with E-state index in [4.69, 9.17) is 5.73 Å². The van der Waals surface area contributed by atoms with Crippen molar-refractivity contribution >= 4 is 5.91 Å². The van der Waals surface area contributed by atoms with E-state index in [2.05, 4.69) is 10.6 Å². The summed E-state index contributed by atoms with van der Waals surface area (Å²) in [5.41, 5.74) is 5.78. The minimum Gasteiger partial charge on any atom is -0.354 e. The highest BCUT2D eigenvalue weighted by atomic mass is 16.1. The van der Waals surface area contributed by atoms with Gasteiger partial charge in [0.15, 0.2) is 0 Å². The van der Waals surface area contributed by atoms with Gasteiger partial charge in [-0.15, -0.1) is 0 Å². The molecule has 4 heteroatoms. The number of amides is 1. The van der Waals surface area contributed by atoms with Crippen LogP contribution in [0.5, 0.6) is 0 Å². The van der Waals surface area contributed by atoms with Crippen LogP contribution in [0.3, 0.4) is 0 Å². The van der Waals surface area contributed by atoms with Gasteiger partial charge in [-0.05, 0) is 63.8 Å². The van der Waals surface area contributed by atoms with Crippen molar-refractivity contribution < 1.29 is 4.79 Å². The Hall–Kier alpha value is -0.610. The number of carbonyl (C=O) groups is 1. The minimum absolute atomic E-state index is 0.104. The van der Waals surface area contributed by atoms with E-state index in [1.54, 1.807) is 0 Å². The molecule has 0 saturated heterocycles. The van der Waals surface area contributed by atoms with Crippen LogP contribution in [0.4, 0.5) is 0 Å². The fourth-order valence-electron chi connectivity index (χ4n) is 2.91. The van der Waals surface area contributed by atoms with Crippen LogP contribution in [0.15, 0.2) is 0 Å². The maximum Gasteiger partial charge on any atom is 0.221 e. The zero-order chi connectivity index (χ0) is 13.8. The summed E-state index contributed by atoms with van der Waals surface area (Å²) in [5.74, 6) is 2.83. The van der Waals surface area contributed by atoms with Crippen molar-refractivity contribution in [1.82, 2.24) is 10.6 Å².